The Labute approximate surface area is 427 Å². The summed E-state index contributed by atoms with van der Waals surface area (Å²) in [5, 5.41) is 0. The molecular formula is C57H86O12P2. The maximum Gasteiger partial charge on any atom is 0.549 e. The Morgan fingerprint density at radius 1 is 0.296 bits per heavy atom. The van der Waals surface area contributed by atoms with Crippen LogP contribution in [0.15, 0.2) is 72.8 Å². The molecule has 0 N–H and O–H groups in total. The second-order valence-electron chi connectivity index (χ2n) is 26.7. The third-order valence-electron chi connectivity index (χ3n) is 11.9. The fraction of sp³-hybridized carbons (Fsp3) is 0.579. The van der Waals surface area contributed by atoms with Gasteiger partial charge in [0.1, 0.15) is 0 Å². The van der Waals surface area contributed by atoms with Gasteiger partial charge in [0.05, 0.1) is 0 Å². The van der Waals surface area contributed by atoms with Gasteiger partial charge in [0, 0.05) is 22.3 Å². The summed E-state index contributed by atoms with van der Waals surface area (Å²) < 4.78 is 63.8. The van der Waals surface area contributed by atoms with Crippen molar-refractivity contribution in [3.05, 3.63) is 117 Å². The summed E-state index contributed by atoms with van der Waals surface area (Å²) in [6.45, 7) is 48.5. The molecule has 4 rings (SSSR count). The van der Waals surface area contributed by atoms with Gasteiger partial charge in [-0.25, -0.2) is 9.13 Å². The Morgan fingerprint density at radius 3 is 0.634 bits per heavy atom. The molecule has 0 atom stereocenters. The Bertz CT molecular complexity index is 2220. The van der Waals surface area contributed by atoms with Gasteiger partial charge in [-0.3, -0.25) is 9.05 Å². The van der Waals surface area contributed by atoms with E-state index in [1.54, 1.807) is 24.3 Å². The normalized spacial score (nSPS) is 13.9. The van der Waals surface area contributed by atoms with Gasteiger partial charge in [0.15, 0.2) is 29.8 Å². The first-order valence-corrected chi connectivity index (χ1v) is 27.4. The van der Waals surface area contributed by atoms with Crippen LogP contribution in [0, 0.1) is 0 Å². The van der Waals surface area contributed by atoms with E-state index in [4.69, 9.17) is 47.3 Å². The summed E-state index contributed by atoms with van der Waals surface area (Å²) in [7, 11) is -10.0. The molecular weight excluding hydrogens is 939 g/mol. The standard InChI is InChI=1S/C57H86O12P2/c1-50(2,3)38-25-29-46(42(33-38)54(13,14)15)62-66-70(58,67-63-47-30-26-39(51(4,5)6)34-43(47)55(16,17)18)60-37-61-71(59,68-64-48-31-27-40(52(7,8)9)35-44(48)56(19,20)21)69-65-49-32-28-41(53(10,11)12)36-45(49)57(22,23)24/h25-36H,37H2,1-24H3. The molecule has 0 bridgehead atoms. The molecule has 0 fully saturated rings. The van der Waals surface area contributed by atoms with E-state index in [1.807, 2.05) is 132 Å². The SMILES string of the molecule is CC(C)(C)c1ccc(OOP(=O)(OCOP(=O)(OOc2ccc(C(C)(C)C)cc2C(C)(C)C)OOc2ccc(C(C)(C)C)cc2C(C)(C)C)OOc2ccc(C(C)(C)C)cc2C(C)(C)C)c(C(C)(C)C)c1. The molecule has 0 heterocycles. The molecule has 0 spiro atoms. The molecule has 0 radical (unpaired) electrons. The van der Waals surface area contributed by atoms with Crippen molar-refractivity contribution in [3.8, 4) is 23.0 Å². The van der Waals surface area contributed by atoms with Crippen molar-refractivity contribution < 1.29 is 56.4 Å². The third kappa shape index (κ3) is 16.7. The van der Waals surface area contributed by atoms with Crippen LogP contribution in [-0.2, 0) is 80.2 Å². The van der Waals surface area contributed by atoms with Crippen LogP contribution in [0.4, 0.5) is 0 Å². The summed E-state index contributed by atoms with van der Waals surface area (Å²) in [5.41, 5.74) is 4.76. The summed E-state index contributed by atoms with van der Waals surface area (Å²) in [5.74, 6) is 1.01. The fourth-order valence-corrected chi connectivity index (χ4v) is 8.58. The monoisotopic (exact) mass is 1020 g/mol. The van der Waals surface area contributed by atoms with E-state index in [2.05, 4.69) is 83.1 Å². The Hall–Kier alpha value is -3.70. The molecule has 4 aromatic rings. The van der Waals surface area contributed by atoms with Crippen molar-refractivity contribution in [3.63, 3.8) is 0 Å². The first-order chi connectivity index (χ1) is 31.9. The van der Waals surface area contributed by atoms with Crippen molar-refractivity contribution in [2.45, 2.75) is 209 Å². The van der Waals surface area contributed by atoms with E-state index >= 15 is 0 Å². The molecule has 0 aliphatic carbocycles. The number of hydrogen-bond donors (Lipinski definition) is 0. The minimum atomic E-state index is -5.01. The molecule has 396 valence electrons. The topological polar surface area (TPSA) is 126 Å². The summed E-state index contributed by atoms with van der Waals surface area (Å²) >= 11 is 0. The maximum absolute atomic E-state index is 14.9. The predicted molar refractivity (Wildman–Crippen MR) is 284 cm³/mol. The number of benzene rings is 4. The molecule has 14 heteroatoms. The number of hydrogen-bond acceptors (Lipinski definition) is 12. The Balaban J connectivity index is 1.78. The van der Waals surface area contributed by atoms with Gasteiger partial charge < -0.3 is 19.6 Å². The van der Waals surface area contributed by atoms with E-state index in [1.165, 1.54) is 0 Å². The lowest BCUT2D eigenvalue weighted by molar-refractivity contribution is -0.211. The van der Waals surface area contributed by atoms with Crippen molar-refractivity contribution in [2.24, 2.45) is 0 Å². The molecule has 0 aliphatic heterocycles. The molecule has 0 saturated carbocycles. The van der Waals surface area contributed by atoms with Gasteiger partial charge in [-0.05, 0) is 89.8 Å². The smallest absolute Gasteiger partial charge is 0.327 e. The lowest BCUT2D eigenvalue weighted by atomic mass is 9.80. The van der Waals surface area contributed by atoms with Crippen LogP contribution >= 0.6 is 15.6 Å². The largest absolute Gasteiger partial charge is 0.549 e. The van der Waals surface area contributed by atoms with E-state index in [9.17, 15) is 9.13 Å². The summed E-state index contributed by atoms with van der Waals surface area (Å²) in [6.07, 6.45) is 0. The minimum Gasteiger partial charge on any atom is -0.327 e. The van der Waals surface area contributed by atoms with Gasteiger partial charge in [0.2, 0.25) is 0 Å². The molecule has 71 heavy (non-hydrogen) atoms. The average molecular weight is 1030 g/mol. The van der Waals surface area contributed by atoms with Crippen molar-refractivity contribution in [2.75, 3.05) is 6.79 Å². The summed E-state index contributed by atoms with van der Waals surface area (Å²) in [4.78, 5) is 23.5. The maximum atomic E-state index is 14.9. The zero-order valence-corrected chi connectivity index (χ0v) is 49.2. The van der Waals surface area contributed by atoms with E-state index in [-0.39, 0.29) is 44.7 Å². The highest BCUT2D eigenvalue weighted by atomic mass is 31.2. The molecule has 0 saturated heterocycles. The summed E-state index contributed by atoms with van der Waals surface area (Å²) in [6, 6.07) is 22.6. The molecule has 0 aromatic heterocycles. The Morgan fingerprint density at radius 2 is 0.479 bits per heavy atom. The van der Waals surface area contributed by atoms with Gasteiger partial charge >= 0.3 is 15.6 Å². The fourth-order valence-electron chi connectivity index (χ4n) is 7.23. The van der Waals surface area contributed by atoms with E-state index in [0.29, 0.717) is 0 Å². The number of rotatable bonds is 16. The predicted octanol–water partition coefficient (Wildman–Crippen LogP) is 17.6. The van der Waals surface area contributed by atoms with Crippen LogP contribution in [0.1, 0.15) is 211 Å². The lowest BCUT2D eigenvalue weighted by Crippen LogP contribution is -2.19. The zero-order chi connectivity index (χ0) is 54.2. The first-order valence-electron chi connectivity index (χ1n) is 24.5. The van der Waals surface area contributed by atoms with E-state index in [0.717, 1.165) is 44.5 Å². The lowest BCUT2D eigenvalue weighted by Gasteiger charge is -2.28. The molecule has 4 aromatic carbocycles. The second-order valence-corrected chi connectivity index (χ2v) is 29.6. The van der Waals surface area contributed by atoms with Crippen LogP contribution in [0.2, 0.25) is 0 Å². The van der Waals surface area contributed by atoms with E-state index < -0.39 is 44.1 Å². The van der Waals surface area contributed by atoms with Gasteiger partial charge in [-0.2, -0.15) is 0 Å². The molecule has 0 aliphatic rings. The average Bonchev–Trinajstić information content (AvgIpc) is 3.20. The van der Waals surface area contributed by atoms with Crippen LogP contribution in [0.3, 0.4) is 0 Å². The first kappa shape index (κ1) is 59.9. The molecule has 12 nitrogen and oxygen atoms in total. The molecule has 0 amide bonds. The highest BCUT2D eigenvalue weighted by Gasteiger charge is 2.40. The minimum absolute atomic E-state index is 0.181. The van der Waals surface area contributed by atoms with Crippen LogP contribution in [0.25, 0.3) is 0 Å². The quantitative estimate of drug-likeness (QED) is 0.0459. The van der Waals surface area contributed by atoms with Crippen molar-refractivity contribution in [1.29, 1.82) is 0 Å². The van der Waals surface area contributed by atoms with Crippen molar-refractivity contribution >= 4 is 15.6 Å². The van der Waals surface area contributed by atoms with Crippen LogP contribution in [0.5, 0.6) is 23.0 Å². The molecule has 0 unspecified atom stereocenters. The number of phosphoric acid groups is 2. The van der Waals surface area contributed by atoms with Gasteiger partial charge in [0.25, 0.3) is 0 Å². The highest BCUT2D eigenvalue weighted by molar-refractivity contribution is 7.49. The second kappa shape index (κ2) is 21.3. The third-order valence-corrected chi connectivity index (χ3v) is 13.8. The van der Waals surface area contributed by atoms with Crippen LogP contribution in [-0.4, -0.2) is 6.79 Å². The zero-order valence-electron chi connectivity index (χ0n) is 47.4. The van der Waals surface area contributed by atoms with Crippen LogP contribution < -0.4 is 19.6 Å². The van der Waals surface area contributed by atoms with Crippen molar-refractivity contribution in [1.82, 2.24) is 0 Å². The van der Waals surface area contributed by atoms with Gasteiger partial charge in [-0.1, -0.05) is 233 Å². The highest BCUT2D eigenvalue weighted by Crippen LogP contribution is 2.56. The van der Waals surface area contributed by atoms with Gasteiger partial charge in [-0.15, -0.1) is 0 Å². The Kier molecular flexibility index (Phi) is 17.9.